The zero-order chi connectivity index (χ0) is 12.7. The van der Waals surface area contributed by atoms with Gasteiger partial charge >= 0.3 is 0 Å². The molecule has 0 fully saturated rings. The molecule has 0 atom stereocenters. The number of allylic oxidation sites excluding steroid dienone is 1. The van der Waals surface area contributed by atoms with Crippen LogP contribution in [-0.4, -0.2) is 5.91 Å². The van der Waals surface area contributed by atoms with E-state index in [9.17, 15) is 4.79 Å². The molecule has 1 aromatic rings. The summed E-state index contributed by atoms with van der Waals surface area (Å²) in [5, 5.41) is 18.7. The Hall–Kier alpha value is -2.79. The average molecular weight is 226 g/mol. The SMILES string of the molecule is CC(=O)NN(C=C(C#N)C#N)c1ccccc1. The Morgan fingerprint density at radius 3 is 2.35 bits per heavy atom. The highest BCUT2D eigenvalue weighted by atomic mass is 16.2. The van der Waals surface area contributed by atoms with Crippen LogP contribution in [0.4, 0.5) is 5.69 Å². The minimum absolute atomic E-state index is 0.0948. The van der Waals surface area contributed by atoms with Gasteiger partial charge in [-0.3, -0.25) is 15.2 Å². The summed E-state index contributed by atoms with van der Waals surface area (Å²) in [6, 6.07) is 12.4. The molecule has 0 saturated heterocycles. The first kappa shape index (κ1) is 12.3. The van der Waals surface area contributed by atoms with E-state index in [-0.39, 0.29) is 11.5 Å². The molecular formula is C12H10N4O. The van der Waals surface area contributed by atoms with Gasteiger partial charge in [-0.1, -0.05) is 18.2 Å². The minimum Gasteiger partial charge on any atom is -0.274 e. The van der Waals surface area contributed by atoms with E-state index in [0.717, 1.165) is 0 Å². The molecule has 84 valence electrons. The minimum atomic E-state index is -0.291. The van der Waals surface area contributed by atoms with Gasteiger partial charge in [0.2, 0.25) is 5.91 Å². The molecule has 0 unspecified atom stereocenters. The summed E-state index contributed by atoms with van der Waals surface area (Å²) in [7, 11) is 0. The number of nitrogens with zero attached hydrogens (tertiary/aromatic N) is 3. The molecule has 5 heteroatoms. The average Bonchev–Trinajstić information content (AvgIpc) is 2.35. The Bertz CT molecular complexity index is 492. The molecule has 0 radical (unpaired) electrons. The molecule has 0 aliphatic heterocycles. The van der Waals surface area contributed by atoms with E-state index >= 15 is 0 Å². The predicted octanol–water partition coefficient (Wildman–Crippen LogP) is 1.48. The first-order valence-electron chi connectivity index (χ1n) is 4.81. The Balaban J connectivity index is 3.06. The zero-order valence-corrected chi connectivity index (χ0v) is 9.21. The van der Waals surface area contributed by atoms with Gasteiger partial charge in [0.25, 0.3) is 0 Å². The van der Waals surface area contributed by atoms with Crippen molar-refractivity contribution in [2.75, 3.05) is 5.01 Å². The third-order valence-electron chi connectivity index (χ3n) is 1.81. The summed E-state index contributed by atoms with van der Waals surface area (Å²) in [5.74, 6) is -0.291. The van der Waals surface area contributed by atoms with Crippen LogP contribution in [-0.2, 0) is 4.79 Å². The number of benzene rings is 1. The van der Waals surface area contributed by atoms with E-state index < -0.39 is 0 Å². The molecule has 0 aromatic heterocycles. The fourth-order valence-corrected chi connectivity index (χ4v) is 1.14. The first-order chi connectivity index (χ1) is 8.17. The smallest absolute Gasteiger partial charge is 0.235 e. The first-order valence-corrected chi connectivity index (χ1v) is 4.81. The number of hydrogen-bond acceptors (Lipinski definition) is 4. The van der Waals surface area contributed by atoms with Gasteiger partial charge in [-0.2, -0.15) is 10.5 Å². The maximum Gasteiger partial charge on any atom is 0.235 e. The molecular weight excluding hydrogens is 216 g/mol. The lowest BCUT2D eigenvalue weighted by Crippen LogP contribution is -2.37. The van der Waals surface area contributed by atoms with Crippen LogP contribution in [0.5, 0.6) is 0 Å². The van der Waals surface area contributed by atoms with Crippen LogP contribution in [0.2, 0.25) is 0 Å². The quantitative estimate of drug-likeness (QED) is 0.625. The second-order valence-corrected chi connectivity index (χ2v) is 3.14. The van der Waals surface area contributed by atoms with Crippen LogP contribution < -0.4 is 10.4 Å². The van der Waals surface area contributed by atoms with Crippen molar-refractivity contribution in [1.29, 1.82) is 10.5 Å². The van der Waals surface area contributed by atoms with Crippen LogP contribution in [0.3, 0.4) is 0 Å². The molecule has 5 nitrogen and oxygen atoms in total. The van der Waals surface area contributed by atoms with Gasteiger partial charge in [-0.15, -0.1) is 0 Å². The topological polar surface area (TPSA) is 79.9 Å². The monoisotopic (exact) mass is 226 g/mol. The third kappa shape index (κ3) is 3.69. The number of hydrazine groups is 1. The molecule has 0 aliphatic carbocycles. The summed E-state index contributed by atoms with van der Waals surface area (Å²) < 4.78 is 0. The summed E-state index contributed by atoms with van der Waals surface area (Å²) in [6.07, 6.45) is 1.27. The number of para-hydroxylation sites is 1. The summed E-state index contributed by atoms with van der Waals surface area (Å²) >= 11 is 0. The standard InChI is InChI=1S/C12H10N4O/c1-10(17)15-16(9-11(7-13)8-14)12-5-3-2-4-6-12/h2-6,9H,1H3,(H,15,17). The molecule has 0 saturated carbocycles. The largest absolute Gasteiger partial charge is 0.274 e. The molecule has 0 aliphatic rings. The highest BCUT2D eigenvalue weighted by molar-refractivity contribution is 5.75. The number of anilines is 1. The molecule has 0 bridgehead atoms. The van der Waals surface area contributed by atoms with Crippen LogP contribution in [0.25, 0.3) is 0 Å². The molecule has 0 heterocycles. The van der Waals surface area contributed by atoms with E-state index in [2.05, 4.69) is 5.43 Å². The van der Waals surface area contributed by atoms with Crippen molar-refractivity contribution < 1.29 is 4.79 Å². The molecule has 1 N–H and O–H groups in total. The van der Waals surface area contributed by atoms with Crippen LogP contribution in [0.1, 0.15) is 6.92 Å². The van der Waals surface area contributed by atoms with Crippen molar-refractivity contribution in [2.24, 2.45) is 0 Å². The van der Waals surface area contributed by atoms with Crippen molar-refractivity contribution in [2.45, 2.75) is 6.92 Å². The number of amides is 1. The molecule has 17 heavy (non-hydrogen) atoms. The van der Waals surface area contributed by atoms with Crippen LogP contribution in [0, 0.1) is 22.7 Å². The second kappa shape index (κ2) is 5.94. The highest BCUT2D eigenvalue weighted by Crippen LogP contribution is 2.12. The van der Waals surface area contributed by atoms with Gasteiger partial charge in [0, 0.05) is 6.92 Å². The van der Waals surface area contributed by atoms with E-state index in [1.807, 2.05) is 6.07 Å². The van der Waals surface area contributed by atoms with Gasteiger partial charge in [-0.05, 0) is 12.1 Å². The fourth-order valence-electron chi connectivity index (χ4n) is 1.14. The number of nitrogens with one attached hydrogen (secondary N) is 1. The number of nitriles is 2. The summed E-state index contributed by atoms with van der Waals surface area (Å²) in [4.78, 5) is 11.0. The zero-order valence-electron chi connectivity index (χ0n) is 9.21. The van der Waals surface area contributed by atoms with E-state index in [1.165, 1.54) is 18.1 Å². The van der Waals surface area contributed by atoms with Gasteiger partial charge in [0.15, 0.2) is 0 Å². The lowest BCUT2D eigenvalue weighted by atomic mass is 10.3. The Morgan fingerprint density at radius 1 is 1.29 bits per heavy atom. The fraction of sp³-hybridized carbons (Fsp3) is 0.0833. The number of hydrogen-bond donors (Lipinski definition) is 1. The molecule has 0 spiro atoms. The van der Waals surface area contributed by atoms with Gasteiger partial charge in [-0.25, -0.2) is 0 Å². The highest BCUT2D eigenvalue weighted by Gasteiger charge is 2.06. The van der Waals surface area contributed by atoms with Crippen molar-refractivity contribution in [1.82, 2.24) is 5.43 Å². The number of carbonyl (C=O) groups excluding carboxylic acids is 1. The van der Waals surface area contributed by atoms with E-state index in [1.54, 1.807) is 36.4 Å². The molecule has 1 aromatic carbocycles. The van der Waals surface area contributed by atoms with Crippen molar-refractivity contribution in [3.8, 4) is 12.1 Å². The van der Waals surface area contributed by atoms with Crippen molar-refractivity contribution >= 4 is 11.6 Å². The Labute approximate surface area is 99.2 Å². The lowest BCUT2D eigenvalue weighted by molar-refractivity contribution is -0.118. The summed E-state index contributed by atoms with van der Waals surface area (Å²) in [6.45, 7) is 1.35. The van der Waals surface area contributed by atoms with Gasteiger partial charge in [0.05, 0.1) is 11.9 Å². The Morgan fingerprint density at radius 2 is 1.88 bits per heavy atom. The van der Waals surface area contributed by atoms with E-state index in [0.29, 0.717) is 5.69 Å². The van der Waals surface area contributed by atoms with Crippen LogP contribution in [0.15, 0.2) is 42.1 Å². The Kier molecular flexibility index (Phi) is 4.29. The van der Waals surface area contributed by atoms with Crippen molar-refractivity contribution in [3.05, 3.63) is 42.1 Å². The van der Waals surface area contributed by atoms with Crippen LogP contribution >= 0.6 is 0 Å². The van der Waals surface area contributed by atoms with Gasteiger partial charge < -0.3 is 0 Å². The van der Waals surface area contributed by atoms with Gasteiger partial charge in [0.1, 0.15) is 17.7 Å². The summed E-state index contributed by atoms with van der Waals surface area (Å²) in [5.41, 5.74) is 3.07. The molecule has 1 amide bonds. The third-order valence-corrected chi connectivity index (χ3v) is 1.81. The second-order valence-electron chi connectivity index (χ2n) is 3.14. The van der Waals surface area contributed by atoms with E-state index in [4.69, 9.17) is 10.5 Å². The number of rotatable bonds is 3. The maximum absolute atomic E-state index is 11.0. The number of carbonyl (C=O) groups is 1. The predicted molar refractivity (Wildman–Crippen MR) is 62.0 cm³/mol. The van der Waals surface area contributed by atoms with Crippen molar-refractivity contribution in [3.63, 3.8) is 0 Å². The maximum atomic E-state index is 11.0. The normalized spacial score (nSPS) is 8.41. The molecule has 1 rings (SSSR count). The lowest BCUT2D eigenvalue weighted by Gasteiger charge is -2.20.